The maximum Gasteiger partial charge on any atom is 0.242 e. The first-order chi connectivity index (χ1) is 13.3. The van der Waals surface area contributed by atoms with Gasteiger partial charge in [0, 0.05) is 13.6 Å². The van der Waals surface area contributed by atoms with Gasteiger partial charge in [-0.3, -0.25) is 4.79 Å². The highest BCUT2D eigenvalue weighted by Crippen LogP contribution is 2.22. The van der Waals surface area contributed by atoms with Gasteiger partial charge in [0.05, 0.1) is 12.9 Å². The van der Waals surface area contributed by atoms with Crippen LogP contribution in [0.15, 0.2) is 54.6 Å². The fourth-order valence-corrected chi connectivity index (χ4v) is 3.47. The topological polar surface area (TPSA) is 75.7 Å². The summed E-state index contributed by atoms with van der Waals surface area (Å²) in [5.41, 5.74) is 1.80. The molecule has 0 spiro atoms. The average molecular weight is 405 g/mol. The molecule has 0 aliphatic carbocycles. The van der Waals surface area contributed by atoms with Gasteiger partial charge in [-0.1, -0.05) is 42.5 Å². The molecule has 0 saturated heterocycles. The maximum atomic E-state index is 12.7. The summed E-state index contributed by atoms with van der Waals surface area (Å²) in [6, 6.07) is 15.9. The summed E-state index contributed by atoms with van der Waals surface area (Å²) in [6.45, 7) is 3.05. The largest absolute Gasteiger partial charge is 0.494 e. The normalized spacial score (nSPS) is 12.6. The lowest BCUT2D eigenvalue weighted by Gasteiger charge is -2.25. The lowest BCUT2D eigenvalue weighted by atomic mass is 10.1. The predicted molar refractivity (Wildman–Crippen MR) is 111 cm³/mol. The monoisotopic (exact) mass is 404 g/mol. The summed E-state index contributed by atoms with van der Waals surface area (Å²) < 4.78 is 30.5. The number of nitrogens with one attached hydrogen (secondary N) is 1. The number of aryl methyl sites for hydroxylation is 1. The van der Waals surface area contributed by atoms with Crippen molar-refractivity contribution in [3.05, 3.63) is 65.7 Å². The van der Waals surface area contributed by atoms with Crippen molar-refractivity contribution >= 4 is 15.9 Å². The fourth-order valence-electron chi connectivity index (χ4n) is 2.87. The molecule has 0 unspecified atom stereocenters. The van der Waals surface area contributed by atoms with E-state index >= 15 is 0 Å². The van der Waals surface area contributed by atoms with Gasteiger partial charge in [0.15, 0.2) is 0 Å². The van der Waals surface area contributed by atoms with Crippen LogP contribution in [0.25, 0.3) is 0 Å². The number of ether oxygens (including phenoxy) is 1. The SMILES string of the molecule is CCOc1ccc(CCCNC(=O)[C@@H](c2ccccc2)N(C)S(C)(=O)=O)cc1. The number of benzene rings is 2. The van der Waals surface area contributed by atoms with Crippen LogP contribution in [0.5, 0.6) is 5.75 Å². The number of carbonyl (C=O) groups is 1. The number of nitrogens with zero attached hydrogens (tertiary/aromatic N) is 1. The van der Waals surface area contributed by atoms with E-state index in [1.54, 1.807) is 24.3 Å². The molecular formula is C21H28N2O4S. The summed E-state index contributed by atoms with van der Waals surface area (Å²) >= 11 is 0. The second-order valence-electron chi connectivity index (χ2n) is 6.56. The fraction of sp³-hybridized carbons (Fsp3) is 0.381. The number of hydrogen-bond acceptors (Lipinski definition) is 4. The van der Waals surface area contributed by atoms with Crippen molar-refractivity contribution < 1.29 is 17.9 Å². The highest BCUT2D eigenvalue weighted by Gasteiger charge is 2.30. The lowest BCUT2D eigenvalue weighted by Crippen LogP contribution is -2.41. The van der Waals surface area contributed by atoms with Crippen LogP contribution in [0.3, 0.4) is 0 Å². The number of rotatable bonds is 10. The molecule has 1 atom stereocenters. The molecule has 152 valence electrons. The van der Waals surface area contributed by atoms with Gasteiger partial charge in [-0.2, -0.15) is 4.31 Å². The molecule has 2 aromatic carbocycles. The van der Waals surface area contributed by atoms with Crippen molar-refractivity contribution in [2.24, 2.45) is 0 Å². The van der Waals surface area contributed by atoms with Crippen molar-refractivity contribution in [3.8, 4) is 5.75 Å². The molecule has 0 aliphatic rings. The third-order valence-corrected chi connectivity index (χ3v) is 5.68. The molecule has 2 aromatic rings. The van der Waals surface area contributed by atoms with E-state index in [0.717, 1.165) is 34.7 Å². The molecule has 0 saturated carbocycles. The first-order valence-corrected chi connectivity index (χ1v) is 11.1. The van der Waals surface area contributed by atoms with Crippen LogP contribution in [0, 0.1) is 0 Å². The van der Waals surface area contributed by atoms with Gasteiger partial charge in [0.1, 0.15) is 11.8 Å². The van der Waals surface area contributed by atoms with Crippen LogP contribution in [-0.2, 0) is 21.2 Å². The van der Waals surface area contributed by atoms with E-state index in [1.165, 1.54) is 7.05 Å². The van der Waals surface area contributed by atoms with Gasteiger partial charge < -0.3 is 10.1 Å². The Hall–Kier alpha value is -2.38. The Balaban J connectivity index is 1.94. The van der Waals surface area contributed by atoms with E-state index in [1.807, 2.05) is 37.3 Å². The average Bonchev–Trinajstić information content (AvgIpc) is 2.67. The molecule has 0 aliphatic heterocycles. The third-order valence-electron chi connectivity index (χ3n) is 4.43. The number of hydrogen-bond donors (Lipinski definition) is 1. The zero-order valence-corrected chi connectivity index (χ0v) is 17.4. The Bertz CT molecular complexity index is 852. The Morgan fingerprint density at radius 3 is 2.32 bits per heavy atom. The zero-order chi connectivity index (χ0) is 20.6. The molecule has 0 bridgehead atoms. The molecule has 0 heterocycles. The molecule has 1 N–H and O–H groups in total. The Morgan fingerprint density at radius 2 is 1.75 bits per heavy atom. The number of likely N-dealkylation sites (N-methyl/N-ethyl adjacent to an activating group) is 1. The van der Waals surface area contributed by atoms with Crippen molar-refractivity contribution in [3.63, 3.8) is 0 Å². The van der Waals surface area contributed by atoms with Crippen molar-refractivity contribution in [1.29, 1.82) is 0 Å². The Labute approximate surface area is 167 Å². The summed E-state index contributed by atoms with van der Waals surface area (Å²) in [5.74, 6) is 0.514. The van der Waals surface area contributed by atoms with Gasteiger partial charge >= 0.3 is 0 Å². The predicted octanol–water partition coefficient (Wildman–Crippen LogP) is 2.77. The Morgan fingerprint density at radius 1 is 1.11 bits per heavy atom. The van der Waals surface area contributed by atoms with Crippen LogP contribution in [-0.4, -0.2) is 45.1 Å². The van der Waals surface area contributed by atoms with Crippen LogP contribution < -0.4 is 10.1 Å². The second kappa shape index (κ2) is 10.2. The van der Waals surface area contributed by atoms with Crippen LogP contribution in [0.2, 0.25) is 0 Å². The molecule has 0 fully saturated rings. The van der Waals surface area contributed by atoms with E-state index < -0.39 is 16.1 Å². The molecule has 1 amide bonds. The third kappa shape index (κ3) is 6.35. The highest BCUT2D eigenvalue weighted by atomic mass is 32.2. The first kappa shape index (κ1) is 21.9. The molecule has 7 heteroatoms. The van der Waals surface area contributed by atoms with Crippen LogP contribution in [0.4, 0.5) is 0 Å². The van der Waals surface area contributed by atoms with Gasteiger partial charge in [-0.15, -0.1) is 0 Å². The maximum absolute atomic E-state index is 12.7. The lowest BCUT2D eigenvalue weighted by molar-refractivity contribution is -0.124. The minimum Gasteiger partial charge on any atom is -0.494 e. The minimum atomic E-state index is -3.52. The number of amides is 1. The quantitative estimate of drug-likeness (QED) is 0.618. The van der Waals surface area contributed by atoms with E-state index in [0.29, 0.717) is 18.7 Å². The van der Waals surface area contributed by atoms with Gasteiger partial charge in [-0.05, 0) is 43.0 Å². The zero-order valence-electron chi connectivity index (χ0n) is 16.6. The summed E-state index contributed by atoms with van der Waals surface area (Å²) in [6.07, 6.45) is 2.66. The summed E-state index contributed by atoms with van der Waals surface area (Å²) in [7, 11) is -2.09. The number of sulfonamides is 1. The van der Waals surface area contributed by atoms with Crippen molar-refractivity contribution in [2.75, 3.05) is 26.5 Å². The molecular weight excluding hydrogens is 376 g/mol. The van der Waals surface area contributed by atoms with Crippen molar-refractivity contribution in [2.45, 2.75) is 25.8 Å². The minimum absolute atomic E-state index is 0.328. The first-order valence-electron chi connectivity index (χ1n) is 9.30. The molecule has 2 rings (SSSR count). The van der Waals surface area contributed by atoms with Crippen molar-refractivity contribution in [1.82, 2.24) is 9.62 Å². The van der Waals surface area contributed by atoms with E-state index in [4.69, 9.17) is 4.74 Å². The number of carbonyl (C=O) groups excluding carboxylic acids is 1. The molecule has 0 aromatic heterocycles. The summed E-state index contributed by atoms with van der Waals surface area (Å²) in [5, 5.41) is 2.87. The van der Waals surface area contributed by atoms with Gasteiger partial charge in [-0.25, -0.2) is 8.42 Å². The van der Waals surface area contributed by atoms with Gasteiger partial charge in [0.2, 0.25) is 15.9 Å². The molecule has 0 radical (unpaired) electrons. The van der Waals surface area contributed by atoms with E-state index in [9.17, 15) is 13.2 Å². The van der Waals surface area contributed by atoms with E-state index in [-0.39, 0.29) is 5.91 Å². The smallest absolute Gasteiger partial charge is 0.242 e. The molecule has 6 nitrogen and oxygen atoms in total. The van der Waals surface area contributed by atoms with Gasteiger partial charge in [0.25, 0.3) is 0 Å². The highest BCUT2D eigenvalue weighted by molar-refractivity contribution is 7.88. The summed E-state index contributed by atoms with van der Waals surface area (Å²) in [4.78, 5) is 12.7. The van der Waals surface area contributed by atoms with E-state index in [2.05, 4.69) is 5.32 Å². The standard InChI is InChI=1S/C21H28N2O4S/c1-4-27-19-14-12-17(13-15-19)9-8-16-22-21(24)20(23(2)28(3,25)26)18-10-6-5-7-11-18/h5-7,10-15,20H,4,8-9,16H2,1-3H3,(H,22,24)/t20-/m1/s1. The Kier molecular flexibility index (Phi) is 8.02. The molecule has 28 heavy (non-hydrogen) atoms. The second-order valence-corrected chi connectivity index (χ2v) is 8.61. The van der Waals surface area contributed by atoms with Crippen LogP contribution >= 0.6 is 0 Å². The van der Waals surface area contributed by atoms with Crippen LogP contribution in [0.1, 0.15) is 30.5 Å².